The largest absolute Gasteiger partial charge is 0.465 e. The maximum Gasteiger partial charge on any atom is 0.410 e. The van der Waals surface area contributed by atoms with E-state index in [0.717, 1.165) is 18.4 Å². The molecular weight excluding hydrogens is 330 g/mol. The molecule has 1 saturated heterocycles. The van der Waals surface area contributed by atoms with Crippen LogP contribution < -0.4 is 0 Å². The van der Waals surface area contributed by atoms with Crippen molar-refractivity contribution in [2.45, 2.75) is 58.5 Å². The van der Waals surface area contributed by atoms with Crippen LogP contribution in [0, 0.1) is 5.92 Å². The SMILES string of the molecule is CC(C)(C)OC(=O)N1CCC(COC(=O)C(C)(C)c2ccccc2)CC1. The second kappa shape index (κ2) is 8.11. The minimum absolute atomic E-state index is 0.210. The van der Waals surface area contributed by atoms with E-state index in [4.69, 9.17) is 9.47 Å². The highest BCUT2D eigenvalue weighted by molar-refractivity contribution is 5.82. The van der Waals surface area contributed by atoms with Crippen LogP contribution in [0.3, 0.4) is 0 Å². The smallest absolute Gasteiger partial charge is 0.410 e. The Morgan fingerprint density at radius 1 is 1.04 bits per heavy atom. The van der Waals surface area contributed by atoms with E-state index in [-0.39, 0.29) is 18.0 Å². The molecular formula is C21H31NO4. The summed E-state index contributed by atoms with van der Waals surface area (Å²) in [7, 11) is 0. The Kier molecular flexibility index (Phi) is 6.32. The van der Waals surface area contributed by atoms with E-state index in [1.807, 2.05) is 65.0 Å². The number of piperidine rings is 1. The van der Waals surface area contributed by atoms with Crippen molar-refractivity contribution >= 4 is 12.1 Å². The lowest BCUT2D eigenvalue weighted by Crippen LogP contribution is -2.42. The molecule has 1 fully saturated rings. The molecule has 0 radical (unpaired) electrons. The first-order valence-corrected chi connectivity index (χ1v) is 9.30. The summed E-state index contributed by atoms with van der Waals surface area (Å²) < 4.78 is 11.0. The highest BCUT2D eigenvalue weighted by Crippen LogP contribution is 2.26. The summed E-state index contributed by atoms with van der Waals surface area (Å²) in [5, 5.41) is 0. The molecule has 0 atom stereocenters. The number of ether oxygens (including phenoxy) is 2. The van der Waals surface area contributed by atoms with E-state index in [2.05, 4.69) is 0 Å². The topological polar surface area (TPSA) is 55.8 Å². The van der Waals surface area contributed by atoms with Gasteiger partial charge < -0.3 is 14.4 Å². The number of benzene rings is 1. The maximum absolute atomic E-state index is 12.5. The van der Waals surface area contributed by atoms with Gasteiger partial charge in [0.1, 0.15) is 5.60 Å². The van der Waals surface area contributed by atoms with Crippen LogP contribution in [0.15, 0.2) is 30.3 Å². The van der Waals surface area contributed by atoms with Gasteiger partial charge in [-0.25, -0.2) is 4.79 Å². The summed E-state index contributed by atoms with van der Waals surface area (Å²) in [4.78, 5) is 26.4. The highest BCUT2D eigenvalue weighted by Gasteiger charge is 2.33. The molecule has 1 aromatic rings. The van der Waals surface area contributed by atoms with Crippen molar-refractivity contribution in [3.63, 3.8) is 0 Å². The van der Waals surface area contributed by atoms with Gasteiger partial charge in [0.2, 0.25) is 0 Å². The average Bonchev–Trinajstić information content (AvgIpc) is 2.59. The Hall–Kier alpha value is -2.04. The van der Waals surface area contributed by atoms with Crippen molar-refractivity contribution in [3.05, 3.63) is 35.9 Å². The monoisotopic (exact) mass is 361 g/mol. The Morgan fingerprint density at radius 2 is 1.62 bits per heavy atom. The normalized spacial score (nSPS) is 16.3. The van der Waals surface area contributed by atoms with E-state index in [1.165, 1.54) is 0 Å². The number of nitrogens with zero attached hydrogens (tertiary/aromatic N) is 1. The van der Waals surface area contributed by atoms with Gasteiger partial charge in [-0.1, -0.05) is 30.3 Å². The number of hydrogen-bond acceptors (Lipinski definition) is 4. The number of carbonyl (C=O) groups excluding carboxylic acids is 2. The molecule has 0 unspecified atom stereocenters. The zero-order chi connectivity index (χ0) is 19.4. The van der Waals surface area contributed by atoms with Gasteiger partial charge in [-0.05, 0) is 58.9 Å². The third-order valence-corrected chi connectivity index (χ3v) is 4.72. The minimum Gasteiger partial charge on any atom is -0.465 e. The second-order valence-electron chi connectivity index (χ2n) is 8.50. The number of carbonyl (C=O) groups is 2. The Morgan fingerprint density at radius 3 is 2.15 bits per heavy atom. The van der Waals surface area contributed by atoms with Crippen LogP contribution in [0.1, 0.15) is 53.0 Å². The van der Waals surface area contributed by atoms with Crippen LogP contribution in [0.4, 0.5) is 4.79 Å². The van der Waals surface area contributed by atoms with Crippen molar-refractivity contribution < 1.29 is 19.1 Å². The maximum atomic E-state index is 12.5. The fraction of sp³-hybridized carbons (Fsp3) is 0.619. The standard InChI is InChI=1S/C21H31NO4/c1-20(2,3)26-19(24)22-13-11-16(12-14-22)15-25-18(23)21(4,5)17-9-7-6-8-10-17/h6-10,16H,11-15H2,1-5H3. The molecule has 26 heavy (non-hydrogen) atoms. The molecule has 144 valence electrons. The van der Waals surface area contributed by atoms with Gasteiger partial charge in [0.25, 0.3) is 0 Å². The lowest BCUT2D eigenvalue weighted by Gasteiger charge is -2.33. The van der Waals surface area contributed by atoms with E-state index < -0.39 is 11.0 Å². The first-order chi connectivity index (χ1) is 12.1. The first-order valence-electron chi connectivity index (χ1n) is 9.30. The third kappa shape index (κ3) is 5.48. The Labute approximate surface area is 156 Å². The zero-order valence-corrected chi connectivity index (χ0v) is 16.6. The number of amides is 1. The van der Waals surface area contributed by atoms with Gasteiger partial charge in [-0.15, -0.1) is 0 Å². The van der Waals surface area contributed by atoms with Crippen LogP contribution in [-0.4, -0.2) is 42.3 Å². The van der Waals surface area contributed by atoms with E-state index in [1.54, 1.807) is 4.90 Å². The molecule has 1 aromatic carbocycles. The van der Waals surface area contributed by atoms with Crippen molar-refractivity contribution in [1.82, 2.24) is 4.90 Å². The molecule has 2 rings (SSSR count). The van der Waals surface area contributed by atoms with Crippen LogP contribution in [-0.2, 0) is 19.7 Å². The summed E-state index contributed by atoms with van der Waals surface area (Å²) in [6.07, 6.45) is 1.37. The first kappa shape index (κ1) is 20.3. The number of esters is 1. The number of hydrogen-bond donors (Lipinski definition) is 0. The predicted octanol–water partition coefficient (Wildman–Crippen LogP) is 4.15. The van der Waals surface area contributed by atoms with E-state index >= 15 is 0 Å². The van der Waals surface area contributed by atoms with Gasteiger partial charge in [-0.2, -0.15) is 0 Å². The van der Waals surface area contributed by atoms with Crippen LogP contribution in [0.2, 0.25) is 0 Å². The van der Waals surface area contributed by atoms with Gasteiger partial charge in [0.05, 0.1) is 12.0 Å². The molecule has 5 nitrogen and oxygen atoms in total. The molecule has 1 aliphatic heterocycles. The fourth-order valence-electron chi connectivity index (χ4n) is 2.96. The van der Waals surface area contributed by atoms with Crippen LogP contribution in [0.25, 0.3) is 0 Å². The molecule has 0 spiro atoms. The quantitative estimate of drug-likeness (QED) is 0.756. The third-order valence-electron chi connectivity index (χ3n) is 4.72. The molecule has 0 N–H and O–H groups in total. The minimum atomic E-state index is -0.668. The molecule has 1 heterocycles. The summed E-state index contributed by atoms with van der Waals surface area (Å²) in [6, 6.07) is 9.68. The highest BCUT2D eigenvalue weighted by atomic mass is 16.6. The summed E-state index contributed by atoms with van der Waals surface area (Å²) in [5.41, 5.74) is -0.199. The number of likely N-dealkylation sites (tertiary alicyclic amines) is 1. The Balaban J connectivity index is 1.79. The zero-order valence-electron chi connectivity index (χ0n) is 16.6. The number of rotatable bonds is 4. The molecule has 0 saturated carbocycles. The predicted molar refractivity (Wildman–Crippen MR) is 101 cm³/mol. The summed E-state index contributed by atoms with van der Waals surface area (Å²) in [6.45, 7) is 11.0. The fourth-order valence-corrected chi connectivity index (χ4v) is 2.96. The van der Waals surface area contributed by atoms with Crippen LogP contribution in [0.5, 0.6) is 0 Å². The molecule has 1 aliphatic rings. The molecule has 0 aromatic heterocycles. The molecule has 0 aliphatic carbocycles. The summed E-state index contributed by atoms with van der Waals surface area (Å²) >= 11 is 0. The van der Waals surface area contributed by atoms with Crippen LogP contribution >= 0.6 is 0 Å². The molecule has 5 heteroatoms. The van der Waals surface area contributed by atoms with Crippen molar-refractivity contribution in [2.75, 3.05) is 19.7 Å². The lowest BCUT2D eigenvalue weighted by atomic mass is 9.85. The lowest BCUT2D eigenvalue weighted by molar-refractivity contribution is -0.151. The van der Waals surface area contributed by atoms with Gasteiger partial charge in [0.15, 0.2) is 0 Å². The van der Waals surface area contributed by atoms with Gasteiger partial charge >= 0.3 is 12.1 Å². The van der Waals surface area contributed by atoms with Gasteiger partial charge in [-0.3, -0.25) is 4.79 Å². The van der Waals surface area contributed by atoms with E-state index in [0.29, 0.717) is 19.7 Å². The molecule has 1 amide bonds. The van der Waals surface area contributed by atoms with Crippen molar-refractivity contribution in [1.29, 1.82) is 0 Å². The average molecular weight is 361 g/mol. The molecule has 0 bridgehead atoms. The second-order valence-corrected chi connectivity index (χ2v) is 8.50. The summed E-state index contributed by atoms with van der Waals surface area (Å²) in [5.74, 6) is 0.0717. The Bertz CT molecular complexity index is 611. The van der Waals surface area contributed by atoms with Crippen molar-refractivity contribution in [3.8, 4) is 0 Å². The van der Waals surface area contributed by atoms with E-state index in [9.17, 15) is 9.59 Å². The van der Waals surface area contributed by atoms with Crippen molar-refractivity contribution in [2.24, 2.45) is 5.92 Å². The van der Waals surface area contributed by atoms with Gasteiger partial charge in [0, 0.05) is 13.1 Å².